The van der Waals surface area contributed by atoms with E-state index < -0.39 is 18.0 Å². The molecule has 2 fully saturated rings. The molecule has 1 aromatic heterocycles. The first-order chi connectivity index (χ1) is 12.5. The van der Waals surface area contributed by atoms with Gasteiger partial charge in [0.2, 0.25) is 0 Å². The molecule has 0 unspecified atom stereocenters. The minimum atomic E-state index is -0.876. The van der Waals surface area contributed by atoms with Crippen molar-refractivity contribution in [2.45, 2.75) is 31.4 Å². The van der Waals surface area contributed by atoms with Crippen LogP contribution >= 0.6 is 0 Å². The van der Waals surface area contributed by atoms with Gasteiger partial charge in [-0.15, -0.1) is 0 Å². The van der Waals surface area contributed by atoms with E-state index in [9.17, 15) is 19.2 Å². The van der Waals surface area contributed by atoms with Crippen LogP contribution in [0.1, 0.15) is 30.9 Å². The predicted molar refractivity (Wildman–Crippen MR) is 92.4 cm³/mol. The highest BCUT2D eigenvalue weighted by Crippen LogP contribution is 2.39. The van der Waals surface area contributed by atoms with E-state index in [0.717, 1.165) is 12.8 Å². The van der Waals surface area contributed by atoms with Gasteiger partial charge in [-0.2, -0.15) is 5.26 Å². The number of nitriles is 1. The first kappa shape index (κ1) is 16.4. The summed E-state index contributed by atoms with van der Waals surface area (Å²) in [6.07, 6.45) is 0.911. The Morgan fingerprint density at radius 1 is 1.35 bits per heavy atom. The molecule has 0 radical (unpaired) electrons. The van der Waals surface area contributed by atoms with Crippen molar-refractivity contribution in [1.82, 2.24) is 4.57 Å². The van der Waals surface area contributed by atoms with E-state index in [1.807, 2.05) is 0 Å². The van der Waals surface area contributed by atoms with Crippen LogP contribution in [0.2, 0.25) is 0 Å². The fourth-order valence-electron chi connectivity index (χ4n) is 3.69. The average Bonchev–Trinajstić information content (AvgIpc) is 3.33. The van der Waals surface area contributed by atoms with Gasteiger partial charge < -0.3 is 19.9 Å². The van der Waals surface area contributed by atoms with Gasteiger partial charge in [-0.3, -0.25) is 4.79 Å². The summed E-state index contributed by atoms with van der Waals surface area (Å²) in [5, 5.41) is 10.3. The van der Waals surface area contributed by atoms with E-state index >= 15 is 0 Å². The number of benzene rings is 1. The second-order valence-corrected chi connectivity index (χ2v) is 6.70. The largest absolute Gasteiger partial charge is 0.444 e. The molecule has 1 aliphatic heterocycles. The molecular formula is C18H17FN4O3. The van der Waals surface area contributed by atoms with E-state index in [4.69, 9.17) is 10.5 Å². The van der Waals surface area contributed by atoms with Crippen LogP contribution in [0, 0.1) is 17.1 Å². The van der Waals surface area contributed by atoms with Gasteiger partial charge >= 0.3 is 6.09 Å². The molecule has 26 heavy (non-hydrogen) atoms. The first-order valence-corrected chi connectivity index (χ1v) is 8.48. The fraction of sp³-hybridized carbons (Fsp3) is 0.389. The standard InChI is InChI=1S/C18H17FN4O3/c19-14-7-10-1-4-15(24)23(11-2-3-11)16(10)13(8-20)17(14)22-6-5-12(9-22)26-18(21)25/h1,4,7,11-12H,2-3,5-6,9H2,(H2,21,25)/t12-/m0/s1. The van der Waals surface area contributed by atoms with Crippen LogP contribution in [0.25, 0.3) is 10.9 Å². The van der Waals surface area contributed by atoms with Gasteiger partial charge in [-0.25, -0.2) is 9.18 Å². The summed E-state index contributed by atoms with van der Waals surface area (Å²) in [7, 11) is 0. The van der Waals surface area contributed by atoms with Crippen molar-refractivity contribution in [3.05, 3.63) is 39.9 Å². The molecule has 2 aromatic rings. The van der Waals surface area contributed by atoms with Crippen LogP contribution < -0.4 is 16.2 Å². The lowest BCUT2D eigenvalue weighted by Gasteiger charge is -2.22. The highest BCUT2D eigenvalue weighted by molar-refractivity contribution is 5.91. The van der Waals surface area contributed by atoms with Gasteiger partial charge in [0.05, 0.1) is 17.7 Å². The molecule has 2 heterocycles. The third-order valence-corrected chi connectivity index (χ3v) is 4.91. The number of carbonyl (C=O) groups excluding carboxylic acids is 1. The Morgan fingerprint density at radius 3 is 2.77 bits per heavy atom. The zero-order valence-electron chi connectivity index (χ0n) is 13.9. The zero-order chi connectivity index (χ0) is 18.4. The number of hydrogen-bond acceptors (Lipinski definition) is 5. The predicted octanol–water partition coefficient (Wildman–Crippen LogP) is 2.02. The summed E-state index contributed by atoms with van der Waals surface area (Å²) >= 11 is 0. The molecule has 4 rings (SSSR count). The molecule has 0 spiro atoms. The fourth-order valence-corrected chi connectivity index (χ4v) is 3.69. The number of carbonyl (C=O) groups is 1. The number of primary amides is 1. The normalized spacial score (nSPS) is 19.5. The molecule has 1 saturated carbocycles. The Bertz CT molecular complexity index is 1010. The quantitative estimate of drug-likeness (QED) is 0.907. The topological polar surface area (TPSA) is 101 Å². The molecule has 1 saturated heterocycles. The molecule has 1 aromatic carbocycles. The maximum Gasteiger partial charge on any atom is 0.404 e. The number of nitrogens with zero attached hydrogens (tertiary/aromatic N) is 3. The molecule has 0 bridgehead atoms. The third-order valence-electron chi connectivity index (χ3n) is 4.91. The van der Waals surface area contributed by atoms with Crippen molar-refractivity contribution < 1.29 is 13.9 Å². The SMILES string of the molecule is N#Cc1c(N2CC[C@H](OC(N)=O)C2)c(F)cc2ccc(=O)n(C3CC3)c12. The Morgan fingerprint density at radius 2 is 2.12 bits per heavy atom. The van der Waals surface area contributed by atoms with Crippen molar-refractivity contribution in [3.8, 4) is 6.07 Å². The lowest BCUT2D eigenvalue weighted by atomic mass is 10.1. The van der Waals surface area contributed by atoms with Crippen LogP contribution in [0.3, 0.4) is 0 Å². The van der Waals surface area contributed by atoms with E-state index in [1.165, 1.54) is 12.1 Å². The molecule has 8 heteroatoms. The molecule has 7 nitrogen and oxygen atoms in total. The van der Waals surface area contributed by atoms with Gasteiger partial charge in [-0.05, 0) is 25.0 Å². The molecule has 134 valence electrons. The lowest BCUT2D eigenvalue weighted by molar-refractivity contribution is 0.117. The zero-order valence-corrected chi connectivity index (χ0v) is 13.9. The molecule has 1 atom stereocenters. The summed E-state index contributed by atoms with van der Waals surface area (Å²) < 4.78 is 21.4. The van der Waals surface area contributed by atoms with Crippen molar-refractivity contribution in [2.24, 2.45) is 5.73 Å². The Labute approximate surface area is 148 Å². The average molecular weight is 356 g/mol. The van der Waals surface area contributed by atoms with Crippen LogP contribution in [-0.2, 0) is 4.74 Å². The second kappa shape index (κ2) is 6.02. The number of rotatable bonds is 3. The number of nitrogens with two attached hydrogens (primary N) is 1. The number of fused-ring (bicyclic) bond motifs is 1. The molecule has 1 aliphatic carbocycles. The summed E-state index contributed by atoms with van der Waals surface area (Å²) in [6, 6.07) is 6.46. The van der Waals surface area contributed by atoms with Crippen LogP contribution in [0.15, 0.2) is 23.0 Å². The highest BCUT2D eigenvalue weighted by Gasteiger charge is 2.32. The van der Waals surface area contributed by atoms with Crippen LogP contribution in [-0.4, -0.2) is 29.9 Å². The van der Waals surface area contributed by atoms with Crippen LogP contribution in [0.4, 0.5) is 14.9 Å². The third kappa shape index (κ3) is 2.65. The molecule has 2 N–H and O–H groups in total. The van der Waals surface area contributed by atoms with Crippen molar-refractivity contribution >= 4 is 22.7 Å². The van der Waals surface area contributed by atoms with E-state index in [2.05, 4.69) is 6.07 Å². The summed E-state index contributed by atoms with van der Waals surface area (Å²) in [4.78, 5) is 25.0. The number of anilines is 1. The minimum Gasteiger partial charge on any atom is -0.444 e. The smallest absolute Gasteiger partial charge is 0.404 e. The van der Waals surface area contributed by atoms with Crippen molar-refractivity contribution in [1.29, 1.82) is 5.26 Å². The summed E-state index contributed by atoms with van der Waals surface area (Å²) in [5.41, 5.74) is 5.62. The highest BCUT2D eigenvalue weighted by atomic mass is 19.1. The van der Waals surface area contributed by atoms with Gasteiger partial charge in [0.15, 0.2) is 0 Å². The van der Waals surface area contributed by atoms with Gasteiger partial charge in [0, 0.05) is 30.5 Å². The maximum atomic E-state index is 14.8. The molecular weight excluding hydrogens is 339 g/mol. The molecule has 2 aliphatic rings. The summed E-state index contributed by atoms with van der Waals surface area (Å²) in [6.45, 7) is 0.677. The van der Waals surface area contributed by atoms with E-state index in [0.29, 0.717) is 23.9 Å². The second-order valence-electron chi connectivity index (χ2n) is 6.70. The van der Waals surface area contributed by atoms with Crippen LogP contribution in [0.5, 0.6) is 0 Å². The first-order valence-electron chi connectivity index (χ1n) is 8.48. The number of aromatic nitrogens is 1. The monoisotopic (exact) mass is 356 g/mol. The Hall–Kier alpha value is -3.08. The lowest BCUT2D eigenvalue weighted by Crippen LogP contribution is -2.28. The summed E-state index contributed by atoms with van der Waals surface area (Å²) in [5.74, 6) is -0.533. The minimum absolute atomic E-state index is 0.0566. The van der Waals surface area contributed by atoms with E-state index in [1.54, 1.807) is 15.5 Å². The number of ether oxygens (including phenoxy) is 1. The Kier molecular flexibility index (Phi) is 3.80. The van der Waals surface area contributed by atoms with Crippen molar-refractivity contribution in [2.75, 3.05) is 18.0 Å². The number of amides is 1. The van der Waals surface area contributed by atoms with Gasteiger partial charge in [0.25, 0.3) is 5.56 Å². The maximum absolute atomic E-state index is 14.8. The Balaban J connectivity index is 1.87. The van der Waals surface area contributed by atoms with Crippen molar-refractivity contribution in [3.63, 3.8) is 0 Å². The van der Waals surface area contributed by atoms with Gasteiger partial charge in [0.1, 0.15) is 23.6 Å². The number of hydrogen-bond donors (Lipinski definition) is 1. The molecule has 1 amide bonds. The van der Waals surface area contributed by atoms with E-state index in [-0.39, 0.29) is 29.4 Å². The number of pyridine rings is 1. The number of halogens is 1. The van der Waals surface area contributed by atoms with Gasteiger partial charge in [-0.1, -0.05) is 0 Å².